The van der Waals surface area contributed by atoms with Gasteiger partial charge in [-0.3, -0.25) is 0 Å². The van der Waals surface area contributed by atoms with Crippen LogP contribution in [0.2, 0.25) is 0 Å². The summed E-state index contributed by atoms with van der Waals surface area (Å²) >= 11 is 0. The van der Waals surface area contributed by atoms with Gasteiger partial charge in [-0.1, -0.05) is 18.2 Å². The molecule has 0 spiro atoms. The molecule has 5 nitrogen and oxygen atoms in total. The van der Waals surface area contributed by atoms with Gasteiger partial charge in [-0.15, -0.1) is 0 Å². The van der Waals surface area contributed by atoms with Gasteiger partial charge in [0, 0.05) is 5.39 Å². The average molecular weight is 275 g/mol. The van der Waals surface area contributed by atoms with Gasteiger partial charge in [0.1, 0.15) is 16.9 Å². The number of rotatable bonds is 5. The fourth-order valence-corrected chi connectivity index (χ4v) is 2.71. The fourth-order valence-electron chi connectivity index (χ4n) is 2.71. The van der Waals surface area contributed by atoms with E-state index in [4.69, 9.17) is 4.42 Å². The summed E-state index contributed by atoms with van der Waals surface area (Å²) in [5.41, 5.74) is 0.836. The first-order chi connectivity index (χ1) is 9.65. The van der Waals surface area contributed by atoms with Crippen molar-refractivity contribution >= 4 is 16.9 Å². The number of carboxylic acids is 1. The maximum Gasteiger partial charge on any atom is 0.339 e. The van der Waals surface area contributed by atoms with Crippen LogP contribution in [0.25, 0.3) is 11.0 Å². The zero-order valence-corrected chi connectivity index (χ0v) is 11.0. The third kappa shape index (κ3) is 2.42. The van der Waals surface area contributed by atoms with Crippen molar-refractivity contribution in [2.24, 2.45) is 5.92 Å². The average Bonchev–Trinajstić information content (AvgIpc) is 2.74. The second-order valence-corrected chi connectivity index (χ2v) is 5.32. The Labute approximate surface area is 116 Å². The molecule has 0 bridgehead atoms. The van der Waals surface area contributed by atoms with Crippen LogP contribution in [0.15, 0.2) is 28.7 Å². The molecule has 0 aliphatic heterocycles. The molecule has 0 amide bonds. The number of hydrogen-bond acceptors (Lipinski definition) is 4. The predicted molar refractivity (Wildman–Crippen MR) is 73.6 cm³/mol. The Hall–Kier alpha value is -1.85. The molecule has 1 aromatic heterocycles. The van der Waals surface area contributed by atoms with Crippen LogP contribution < -0.4 is 5.32 Å². The first-order valence-electron chi connectivity index (χ1n) is 6.77. The maximum atomic E-state index is 11.4. The molecule has 5 heteroatoms. The van der Waals surface area contributed by atoms with Crippen molar-refractivity contribution in [1.82, 2.24) is 5.32 Å². The number of fused-ring (bicyclic) bond motifs is 1. The van der Waals surface area contributed by atoms with Crippen molar-refractivity contribution in [2.75, 3.05) is 6.54 Å². The number of para-hydroxylation sites is 1. The molecule has 1 aliphatic carbocycles. The van der Waals surface area contributed by atoms with Crippen molar-refractivity contribution in [1.29, 1.82) is 0 Å². The summed E-state index contributed by atoms with van der Waals surface area (Å²) in [6, 6.07) is 7.16. The Balaban J connectivity index is 1.73. The first kappa shape index (κ1) is 13.1. The van der Waals surface area contributed by atoms with Gasteiger partial charge in [-0.05, 0) is 31.4 Å². The lowest BCUT2D eigenvalue weighted by Crippen LogP contribution is -2.36. The van der Waals surface area contributed by atoms with E-state index >= 15 is 0 Å². The monoisotopic (exact) mass is 275 g/mol. The molecule has 1 saturated carbocycles. The number of carboxylic acid groups (broad SMARTS) is 1. The van der Waals surface area contributed by atoms with E-state index < -0.39 is 5.97 Å². The van der Waals surface area contributed by atoms with Gasteiger partial charge < -0.3 is 19.9 Å². The Bertz CT molecular complexity index is 628. The quantitative estimate of drug-likeness (QED) is 0.777. The molecule has 0 atom stereocenters. The Kier molecular flexibility index (Phi) is 3.46. The zero-order valence-electron chi connectivity index (χ0n) is 11.0. The third-order valence-electron chi connectivity index (χ3n) is 3.81. The van der Waals surface area contributed by atoms with Gasteiger partial charge in [0.05, 0.1) is 12.6 Å². The fraction of sp³-hybridized carbons (Fsp3) is 0.400. The van der Waals surface area contributed by atoms with Crippen LogP contribution in [-0.2, 0) is 6.54 Å². The highest BCUT2D eigenvalue weighted by Crippen LogP contribution is 2.28. The Morgan fingerprint density at radius 2 is 2.10 bits per heavy atom. The second kappa shape index (κ2) is 5.26. The van der Waals surface area contributed by atoms with Crippen LogP contribution >= 0.6 is 0 Å². The van der Waals surface area contributed by atoms with E-state index in [0.29, 0.717) is 29.2 Å². The summed E-state index contributed by atoms with van der Waals surface area (Å²) in [5.74, 6) is -0.0351. The first-order valence-corrected chi connectivity index (χ1v) is 6.77. The van der Waals surface area contributed by atoms with Gasteiger partial charge in [-0.25, -0.2) is 4.79 Å². The van der Waals surface area contributed by atoms with Gasteiger partial charge in [0.25, 0.3) is 0 Å². The summed E-state index contributed by atoms with van der Waals surface area (Å²) in [4.78, 5) is 11.4. The number of furan rings is 1. The van der Waals surface area contributed by atoms with E-state index in [1.165, 1.54) is 0 Å². The normalized spacial score (nSPS) is 21.9. The van der Waals surface area contributed by atoms with E-state index in [1.54, 1.807) is 18.2 Å². The number of benzene rings is 1. The zero-order chi connectivity index (χ0) is 14.1. The molecular weight excluding hydrogens is 258 g/mol. The second-order valence-electron chi connectivity index (χ2n) is 5.32. The number of hydrogen-bond donors (Lipinski definition) is 3. The minimum atomic E-state index is -0.967. The summed E-state index contributed by atoms with van der Waals surface area (Å²) in [5, 5.41) is 22.4. The molecular formula is C15H17NO4. The molecule has 3 rings (SSSR count). The van der Waals surface area contributed by atoms with Crippen LogP contribution in [0.4, 0.5) is 0 Å². The van der Waals surface area contributed by atoms with E-state index in [0.717, 1.165) is 19.4 Å². The molecule has 1 aromatic carbocycles. The third-order valence-corrected chi connectivity index (χ3v) is 3.81. The summed E-state index contributed by atoms with van der Waals surface area (Å²) in [7, 11) is 0. The minimum Gasteiger partial charge on any atom is -0.478 e. The summed E-state index contributed by atoms with van der Waals surface area (Å²) in [6.07, 6.45) is 1.47. The highest BCUT2D eigenvalue weighted by atomic mass is 16.4. The smallest absolute Gasteiger partial charge is 0.339 e. The summed E-state index contributed by atoms with van der Waals surface area (Å²) < 4.78 is 5.62. The van der Waals surface area contributed by atoms with Crippen molar-refractivity contribution in [3.05, 3.63) is 35.6 Å². The van der Waals surface area contributed by atoms with Crippen LogP contribution in [0.5, 0.6) is 0 Å². The number of aliphatic hydroxyl groups excluding tert-OH is 1. The van der Waals surface area contributed by atoms with Crippen molar-refractivity contribution in [2.45, 2.75) is 25.5 Å². The number of aliphatic hydroxyl groups is 1. The lowest BCUT2D eigenvalue weighted by Gasteiger charge is -2.31. The van der Waals surface area contributed by atoms with Crippen LogP contribution in [0, 0.1) is 5.92 Å². The molecule has 1 fully saturated rings. The van der Waals surface area contributed by atoms with Gasteiger partial charge >= 0.3 is 5.97 Å². The standard InChI is InChI=1S/C15H17NO4/c17-10-5-9(6-10)7-16-8-13-14(15(18)19)11-3-1-2-4-12(11)20-13/h1-4,9-10,16-17H,5-8H2,(H,18,19). The number of nitrogens with one attached hydrogen (secondary N) is 1. The lowest BCUT2D eigenvalue weighted by molar-refractivity contribution is 0.0428. The van der Waals surface area contributed by atoms with Crippen LogP contribution in [0.3, 0.4) is 0 Å². The molecule has 1 heterocycles. The Morgan fingerprint density at radius 3 is 2.80 bits per heavy atom. The van der Waals surface area contributed by atoms with E-state index in [-0.39, 0.29) is 11.7 Å². The molecule has 0 unspecified atom stereocenters. The van der Waals surface area contributed by atoms with Gasteiger partial charge in [-0.2, -0.15) is 0 Å². The molecule has 106 valence electrons. The van der Waals surface area contributed by atoms with E-state index in [2.05, 4.69) is 5.32 Å². The van der Waals surface area contributed by atoms with Crippen molar-refractivity contribution < 1.29 is 19.4 Å². The number of carbonyl (C=O) groups is 1. The molecule has 2 aromatic rings. The highest BCUT2D eigenvalue weighted by Gasteiger charge is 2.27. The molecule has 20 heavy (non-hydrogen) atoms. The molecule has 0 radical (unpaired) electrons. The lowest BCUT2D eigenvalue weighted by atomic mass is 9.82. The molecule has 0 saturated heterocycles. The van der Waals surface area contributed by atoms with Gasteiger partial charge in [0.2, 0.25) is 0 Å². The van der Waals surface area contributed by atoms with E-state index in [1.807, 2.05) is 6.07 Å². The number of aromatic carboxylic acids is 1. The predicted octanol–water partition coefficient (Wildman–Crippen LogP) is 1.99. The highest BCUT2D eigenvalue weighted by molar-refractivity contribution is 6.03. The van der Waals surface area contributed by atoms with Gasteiger partial charge in [0.15, 0.2) is 0 Å². The molecule has 1 aliphatic rings. The minimum absolute atomic E-state index is 0.164. The molecule has 3 N–H and O–H groups in total. The SMILES string of the molecule is O=C(O)c1c(CNCC2CC(O)C2)oc2ccccc12. The van der Waals surface area contributed by atoms with E-state index in [9.17, 15) is 15.0 Å². The summed E-state index contributed by atoms with van der Waals surface area (Å²) in [6.45, 7) is 1.16. The maximum absolute atomic E-state index is 11.4. The van der Waals surface area contributed by atoms with Crippen molar-refractivity contribution in [3.63, 3.8) is 0 Å². The van der Waals surface area contributed by atoms with Crippen LogP contribution in [0.1, 0.15) is 29.0 Å². The Morgan fingerprint density at radius 1 is 1.35 bits per heavy atom. The largest absolute Gasteiger partial charge is 0.478 e. The van der Waals surface area contributed by atoms with Crippen LogP contribution in [-0.4, -0.2) is 28.8 Å². The van der Waals surface area contributed by atoms with Crippen molar-refractivity contribution in [3.8, 4) is 0 Å². The topological polar surface area (TPSA) is 82.7 Å².